The summed E-state index contributed by atoms with van der Waals surface area (Å²) in [7, 11) is 1.74. The van der Waals surface area contributed by atoms with E-state index in [0.717, 1.165) is 5.56 Å². The molecular weight excluding hydrogens is 362 g/mol. The van der Waals surface area contributed by atoms with Crippen molar-refractivity contribution in [3.63, 3.8) is 0 Å². The highest BCUT2D eigenvalue weighted by molar-refractivity contribution is 7.17. The van der Waals surface area contributed by atoms with Crippen LogP contribution in [0.25, 0.3) is 10.8 Å². The number of aryl methyl sites for hydroxylation is 1. The van der Waals surface area contributed by atoms with Crippen LogP contribution in [0.2, 0.25) is 0 Å². The standard InChI is InChI=1S/C19H19N5O2S/c1-12-16(27-19(22-12)17-20-8-5-9-21-17)18(26)23-15-7-4-6-14(10-15)11-24(3)13(2)25/h4-10H,11H2,1-3H3,(H,23,26). The molecule has 0 saturated heterocycles. The molecule has 0 spiro atoms. The molecule has 2 amide bonds. The Balaban J connectivity index is 1.76. The predicted octanol–water partition coefficient (Wildman–Crippen LogP) is 3.14. The lowest BCUT2D eigenvalue weighted by Crippen LogP contribution is -2.23. The molecule has 3 aromatic rings. The zero-order valence-corrected chi connectivity index (χ0v) is 16.1. The molecule has 3 rings (SSSR count). The summed E-state index contributed by atoms with van der Waals surface area (Å²) in [6.07, 6.45) is 3.28. The van der Waals surface area contributed by atoms with Crippen LogP contribution in [0.3, 0.4) is 0 Å². The Kier molecular flexibility index (Phi) is 5.56. The molecule has 0 aliphatic carbocycles. The van der Waals surface area contributed by atoms with E-state index in [1.807, 2.05) is 24.3 Å². The molecule has 0 fully saturated rings. The van der Waals surface area contributed by atoms with Gasteiger partial charge >= 0.3 is 0 Å². The van der Waals surface area contributed by atoms with Crippen LogP contribution < -0.4 is 5.32 Å². The van der Waals surface area contributed by atoms with Crippen molar-refractivity contribution in [2.24, 2.45) is 0 Å². The average Bonchev–Trinajstić information content (AvgIpc) is 3.04. The van der Waals surface area contributed by atoms with E-state index in [9.17, 15) is 9.59 Å². The zero-order valence-electron chi connectivity index (χ0n) is 15.3. The number of hydrogen-bond acceptors (Lipinski definition) is 6. The topological polar surface area (TPSA) is 88.1 Å². The molecule has 0 radical (unpaired) electrons. The Morgan fingerprint density at radius 3 is 2.63 bits per heavy atom. The van der Waals surface area contributed by atoms with E-state index in [1.165, 1.54) is 18.3 Å². The largest absolute Gasteiger partial charge is 0.342 e. The molecule has 0 aliphatic heterocycles. The van der Waals surface area contributed by atoms with Crippen LogP contribution in [0.4, 0.5) is 5.69 Å². The summed E-state index contributed by atoms with van der Waals surface area (Å²) in [6, 6.07) is 9.16. The highest BCUT2D eigenvalue weighted by Gasteiger charge is 2.17. The van der Waals surface area contributed by atoms with Gasteiger partial charge < -0.3 is 10.2 Å². The van der Waals surface area contributed by atoms with Crippen molar-refractivity contribution >= 4 is 28.8 Å². The second-order valence-electron chi connectivity index (χ2n) is 6.04. The van der Waals surface area contributed by atoms with Crippen molar-refractivity contribution in [1.29, 1.82) is 0 Å². The second-order valence-corrected chi connectivity index (χ2v) is 7.03. The average molecular weight is 381 g/mol. The van der Waals surface area contributed by atoms with Crippen LogP contribution in [-0.4, -0.2) is 38.7 Å². The quantitative estimate of drug-likeness (QED) is 0.733. The number of benzene rings is 1. The number of amides is 2. The monoisotopic (exact) mass is 381 g/mol. The number of carbonyl (C=O) groups excluding carboxylic acids is 2. The van der Waals surface area contributed by atoms with Gasteiger partial charge in [-0.05, 0) is 30.7 Å². The molecule has 1 aromatic carbocycles. The van der Waals surface area contributed by atoms with Gasteiger partial charge in [-0.3, -0.25) is 9.59 Å². The van der Waals surface area contributed by atoms with Gasteiger partial charge in [-0.15, -0.1) is 11.3 Å². The molecule has 8 heteroatoms. The van der Waals surface area contributed by atoms with Gasteiger partial charge in [0, 0.05) is 38.6 Å². The second kappa shape index (κ2) is 8.05. The minimum atomic E-state index is -0.232. The Labute approximate surface area is 161 Å². The van der Waals surface area contributed by atoms with E-state index in [2.05, 4.69) is 20.3 Å². The maximum atomic E-state index is 12.7. The van der Waals surface area contributed by atoms with Gasteiger partial charge in [0.25, 0.3) is 5.91 Å². The van der Waals surface area contributed by atoms with Crippen molar-refractivity contribution in [2.75, 3.05) is 12.4 Å². The number of aromatic nitrogens is 3. The van der Waals surface area contributed by atoms with Gasteiger partial charge in [0.1, 0.15) is 4.88 Å². The van der Waals surface area contributed by atoms with Gasteiger partial charge in [0.05, 0.1) is 5.69 Å². The fourth-order valence-electron chi connectivity index (χ4n) is 2.43. The van der Waals surface area contributed by atoms with E-state index in [1.54, 1.807) is 37.3 Å². The zero-order chi connectivity index (χ0) is 19.4. The van der Waals surface area contributed by atoms with E-state index in [0.29, 0.717) is 33.6 Å². The summed E-state index contributed by atoms with van der Waals surface area (Å²) in [6.45, 7) is 3.79. The number of nitrogens with zero attached hydrogens (tertiary/aromatic N) is 4. The van der Waals surface area contributed by atoms with Crippen LogP contribution in [0.1, 0.15) is 27.9 Å². The maximum Gasteiger partial charge on any atom is 0.267 e. The lowest BCUT2D eigenvalue weighted by molar-refractivity contribution is -0.128. The van der Waals surface area contributed by atoms with Crippen molar-refractivity contribution in [1.82, 2.24) is 19.9 Å². The highest BCUT2D eigenvalue weighted by Crippen LogP contribution is 2.26. The van der Waals surface area contributed by atoms with E-state index >= 15 is 0 Å². The first kappa shape index (κ1) is 18.7. The Morgan fingerprint density at radius 1 is 1.19 bits per heavy atom. The van der Waals surface area contributed by atoms with Crippen molar-refractivity contribution in [3.05, 3.63) is 58.9 Å². The number of nitrogens with one attached hydrogen (secondary N) is 1. The van der Waals surface area contributed by atoms with Gasteiger partial charge in [-0.1, -0.05) is 12.1 Å². The van der Waals surface area contributed by atoms with Gasteiger partial charge in [0.15, 0.2) is 10.8 Å². The predicted molar refractivity (Wildman–Crippen MR) is 104 cm³/mol. The third-order valence-electron chi connectivity index (χ3n) is 3.90. The van der Waals surface area contributed by atoms with E-state index in [-0.39, 0.29) is 11.8 Å². The summed E-state index contributed by atoms with van der Waals surface area (Å²) in [5.41, 5.74) is 2.23. The summed E-state index contributed by atoms with van der Waals surface area (Å²) >= 11 is 1.26. The number of anilines is 1. The van der Waals surface area contributed by atoms with Gasteiger partial charge in [-0.25, -0.2) is 15.0 Å². The minimum Gasteiger partial charge on any atom is -0.342 e. The van der Waals surface area contributed by atoms with E-state index in [4.69, 9.17) is 0 Å². The van der Waals surface area contributed by atoms with Crippen LogP contribution in [-0.2, 0) is 11.3 Å². The Morgan fingerprint density at radius 2 is 1.93 bits per heavy atom. The fraction of sp³-hybridized carbons (Fsp3) is 0.211. The SMILES string of the molecule is CC(=O)N(C)Cc1cccc(NC(=O)c2sc(-c3ncccn3)nc2C)c1. The minimum absolute atomic E-state index is 0.0135. The first-order chi connectivity index (χ1) is 12.9. The summed E-state index contributed by atoms with van der Waals surface area (Å²) in [4.78, 5) is 39.0. The van der Waals surface area contributed by atoms with Gasteiger partial charge in [-0.2, -0.15) is 0 Å². The van der Waals surface area contributed by atoms with E-state index < -0.39 is 0 Å². The normalized spacial score (nSPS) is 10.5. The number of hydrogen-bond donors (Lipinski definition) is 1. The number of thiazole rings is 1. The van der Waals surface area contributed by atoms with Crippen molar-refractivity contribution in [3.8, 4) is 10.8 Å². The molecular formula is C19H19N5O2S. The molecule has 0 aliphatic rings. The molecule has 0 unspecified atom stereocenters. The first-order valence-electron chi connectivity index (χ1n) is 8.31. The van der Waals surface area contributed by atoms with Crippen molar-refractivity contribution in [2.45, 2.75) is 20.4 Å². The molecule has 27 heavy (non-hydrogen) atoms. The third-order valence-corrected chi connectivity index (χ3v) is 5.05. The molecule has 0 saturated carbocycles. The Hall–Kier alpha value is -3.13. The Bertz CT molecular complexity index is 971. The fourth-order valence-corrected chi connectivity index (χ4v) is 3.34. The number of carbonyl (C=O) groups is 2. The van der Waals surface area contributed by atoms with Gasteiger partial charge in [0.2, 0.25) is 5.91 Å². The lowest BCUT2D eigenvalue weighted by Gasteiger charge is -2.15. The summed E-state index contributed by atoms with van der Waals surface area (Å²) in [5, 5.41) is 3.50. The third kappa shape index (κ3) is 4.53. The summed E-state index contributed by atoms with van der Waals surface area (Å²) < 4.78 is 0. The highest BCUT2D eigenvalue weighted by atomic mass is 32.1. The van der Waals surface area contributed by atoms with Crippen LogP contribution in [0.5, 0.6) is 0 Å². The molecule has 0 bridgehead atoms. The van der Waals surface area contributed by atoms with Crippen molar-refractivity contribution < 1.29 is 9.59 Å². The summed E-state index contributed by atoms with van der Waals surface area (Å²) in [5.74, 6) is 0.253. The van der Waals surface area contributed by atoms with Crippen LogP contribution in [0, 0.1) is 6.92 Å². The number of rotatable bonds is 5. The lowest BCUT2D eigenvalue weighted by atomic mass is 10.2. The molecule has 138 valence electrons. The molecule has 0 atom stereocenters. The smallest absolute Gasteiger partial charge is 0.267 e. The molecule has 7 nitrogen and oxygen atoms in total. The maximum absolute atomic E-state index is 12.7. The van der Waals surface area contributed by atoms with Crippen LogP contribution in [0.15, 0.2) is 42.7 Å². The molecule has 2 heterocycles. The molecule has 2 aromatic heterocycles. The molecule has 1 N–H and O–H groups in total. The van der Waals surface area contributed by atoms with Crippen LogP contribution >= 0.6 is 11.3 Å². The first-order valence-corrected chi connectivity index (χ1v) is 9.12.